The minimum Gasteiger partial charge on any atom is -0.449 e. The van der Waals surface area contributed by atoms with Crippen molar-refractivity contribution in [2.45, 2.75) is 244 Å². The first-order valence-electron chi connectivity index (χ1n) is 25.4. The molecule has 12 nitrogen and oxygen atoms in total. The van der Waals surface area contributed by atoms with Gasteiger partial charge in [0, 0.05) is 6.54 Å². The van der Waals surface area contributed by atoms with Gasteiger partial charge in [-0.2, -0.15) is 0 Å². The van der Waals surface area contributed by atoms with Gasteiger partial charge in [-0.25, -0.2) is 14.5 Å². The van der Waals surface area contributed by atoms with Gasteiger partial charge in [0.05, 0.1) is 19.3 Å². The number of nitrogens with zero attached hydrogens (tertiary/aromatic N) is 2. The van der Waals surface area contributed by atoms with Crippen LogP contribution in [0.3, 0.4) is 0 Å². The maximum atomic E-state index is 14.2. The highest BCUT2D eigenvalue weighted by molar-refractivity contribution is 5.95. The summed E-state index contributed by atoms with van der Waals surface area (Å²) in [7, 11) is 0. The van der Waals surface area contributed by atoms with Crippen molar-refractivity contribution in [3.63, 3.8) is 0 Å². The Kier molecular flexibility index (Phi) is 31.7. The van der Waals surface area contributed by atoms with Gasteiger partial charge in [0.2, 0.25) is 5.91 Å². The number of ether oxygens (including phenoxy) is 3. The smallest absolute Gasteiger partial charge is 0.417 e. The summed E-state index contributed by atoms with van der Waals surface area (Å²) < 4.78 is 17.7. The molecule has 0 aromatic heterocycles. The Bertz CT molecular complexity index is 1300. The lowest BCUT2D eigenvalue weighted by atomic mass is 9.93. The number of aliphatic hydroxyl groups is 3. The number of nitrogens with two attached hydrogens (primary N) is 1. The fraction of sp³-hybridized carbons (Fsp3) is 0.824. The monoisotopic (exact) mass is 890 g/mol. The SMILES string of the molecule is CCCCCCCCCCCCCCCCCCN(C(=O)OCCCCCCCCCCCC)[C@@H]1O[C@H](CO)[C@@H](O)[C@H](O)[C@H]1N(C(=O)OCc1ccccc1)C(=O)[C@@H](N)CC(C)C. The van der Waals surface area contributed by atoms with E-state index < -0.39 is 61.3 Å². The summed E-state index contributed by atoms with van der Waals surface area (Å²) in [5.41, 5.74) is 7.08. The predicted octanol–water partition coefficient (Wildman–Crippen LogP) is 11.0. The molecule has 5 N–H and O–H groups in total. The molecule has 0 unspecified atom stereocenters. The van der Waals surface area contributed by atoms with Crippen LogP contribution >= 0.6 is 0 Å². The predicted molar refractivity (Wildman–Crippen MR) is 252 cm³/mol. The highest BCUT2D eigenvalue weighted by Gasteiger charge is 2.54. The number of hydrogen-bond acceptors (Lipinski definition) is 10. The number of unbranched alkanes of at least 4 members (excludes halogenated alkanes) is 24. The van der Waals surface area contributed by atoms with Crippen molar-refractivity contribution in [3.05, 3.63) is 35.9 Å². The number of carbonyl (C=O) groups is 3. The summed E-state index contributed by atoms with van der Waals surface area (Å²) in [6.07, 6.45) is 22.4. The number of imide groups is 1. The molecule has 364 valence electrons. The van der Waals surface area contributed by atoms with Gasteiger partial charge in [0.1, 0.15) is 31.0 Å². The number of rotatable bonds is 36. The Morgan fingerprint density at radius 2 is 1.11 bits per heavy atom. The van der Waals surface area contributed by atoms with Crippen molar-refractivity contribution in [1.82, 2.24) is 9.80 Å². The van der Waals surface area contributed by atoms with Crippen LogP contribution in [0.15, 0.2) is 30.3 Å². The lowest BCUT2D eigenvalue weighted by Gasteiger charge is -2.49. The second-order valence-corrected chi connectivity index (χ2v) is 18.5. The molecule has 0 spiro atoms. The van der Waals surface area contributed by atoms with Gasteiger partial charge in [0.15, 0.2) is 6.23 Å². The van der Waals surface area contributed by atoms with Crippen LogP contribution < -0.4 is 5.73 Å². The van der Waals surface area contributed by atoms with Crippen LogP contribution in [0.2, 0.25) is 0 Å². The number of amides is 3. The second-order valence-electron chi connectivity index (χ2n) is 18.5. The van der Waals surface area contributed by atoms with Crippen molar-refractivity contribution >= 4 is 18.1 Å². The van der Waals surface area contributed by atoms with E-state index in [1.807, 2.05) is 19.9 Å². The Morgan fingerprint density at radius 3 is 1.57 bits per heavy atom. The Morgan fingerprint density at radius 1 is 0.651 bits per heavy atom. The highest BCUT2D eigenvalue weighted by atomic mass is 16.6. The maximum Gasteiger partial charge on any atom is 0.417 e. The molecule has 2 rings (SSSR count). The molecule has 1 heterocycles. The quantitative estimate of drug-likeness (QED) is 0.0475. The third-order valence-corrected chi connectivity index (χ3v) is 12.4. The van der Waals surface area contributed by atoms with Gasteiger partial charge in [-0.15, -0.1) is 0 Å². The molecule has 6 atom stereocenters. The van der Waals surface area contributed by atoms with Crippen LogP contribution in [0.1, 0.15) is 207 Å². The van der Waals surface area contributed by atoms with Crippen molar-refractivity contribution in [2.75, 3.05) is 19.8 Å². The van der Waals surface area contributed by atoms with Gasteiger partial charge in [-0.3, -0.25) is 9.69 Å². The Hall–Kier alpha value is -2.77. The normalized spacial score (nSPS) is 19.2. The van der Waals surface area contributed by atoms with Crippen LogP contribution in [0.5, 0.6) is 0 Å². The van der Waals surface area contributed by atoms with Gasteiger partial charge in [-0.1, -0.05) is 212 Å². The summed E-state index contributed by atoms with van der Waals surface area (Å²) in [4.78, 5) is 44.5. The molecule has 1 aromatic carbocycles. The van der Waals surface area contributed by atoms with Gasteiger partial charge >= 0.3 is 12.2 Å². The van der Waals surface area contributed by atoms with E-state index in [1.54, 1.807) is 24.3 Å². The van der Waals surface area contributed by atoms with E-state index in [9.17, 15) is 29.7 Å². The number of carbonyl (C=O) groups excluding carboxylic acids is 3. The topological polar surface area (TPSA) is 172 Å². The minimum atomic E-state index is -1.82. The molecule has 0 bridgehead atoms. The molecule has 1 aliphatic rings. The molecule has 0 aliphatic carbocycles. The lowest BCUT2D eigenvalue weighted by molar-refractivity contribution is -0.241. The zero-order chi connectivity index (χ0) is 46.1. The fourth-order valence-electron chi connectivity index (χ4n) is 8.54. The average Bonchev–Trinajstić information content (AvgIpc) is 3.27. The van der Waals surface area contributed by atoms with Gasteiger partial charge < -0.3 is 35.3 Å². The zero-order valence-electron chi connectivity index (χ0n) is 40.1. The third kappa shape index (κ3) is 23.3. The van der Waals surface area contributed by atoms with Crippen molar-refractivity contribution < 1.29 is 43.9 Å². The van der Waals surface area contributed by atoms with Gasteiger partial charge in [-0.05, 0) is 30.7 Å². The number of hydrogen-bond donors (Lipinski definition) is 4. The molecule has 1 saturated heterocycles. The minimum absolute atomic E-state index is 0.00833. The van der Waals surface area contributed by atoms with Crippen molar-refractivity contribution in [1.29, 1.82) is 0 Å². The van der Waals surface area contributed by atoms with Crippen LogP contribution in [0.4, 0.5) is 9.59 Å². The van der Waals surface area contributed by atoms with E-state index >= 15 is 0 Å². The molecule has 1 fully saturated rings. The molecular formula is C51H91N3O9. The fourth-order valence-corrected chi connectivity index (χ4v) is 8.54. The van der Waals surface area contributed by atoms with Crippen molar-refractivity contribution in [3.8, 4) is 0 Å². The van der Waals surface area contributed by atoms with Crippen LogP contribution in [-0.4, -0.2) is 99.6 Å². The summed E-state index contributed by atoms with van der Waals surface area (Å²) in [6, 6.07) is 6.17. The first kappa shape index (κ1) is 56.4. The lowest BCUT2D eigenvalue weighted by Crippen LogP contribution is -2.71. The summed E-state index contributed by atoms with van der Waals surface area (Å²) in [6.45, 7) is 7.71. The van der Waals surface area contributed by atoms with Gasteiger partial charge in [0.25, 0.3) is 0 Å². The van der Waals surface area contributed by atoms with Crippen LogP contribution in [0, 0.1) is 5.92 Å². The van der Waals surface area contributed by atoms with Crippen molar-refractivity contribution in [2.24, 2.45) is 11.7 Å². The first-order chi connectivity index (χ1) is 30.6. The van der Waals surface area contributed by atoms with E-state index in [0.29, 0.717) is 18.4 Å². The molecule has 12 heteroatoms. The largest absolute Gasteiger partial charge is 0.449 e. The highest BCUT2D eigenvalue weighted by Crippen LogP contribution is 2.31. The standard InChI is InChI=1S/C51H91N3O9/c1-5-7-9-11-13-15-17-18-19-20-21-22-23-25-27-32-36-53(50(59)61-37-33-28-26-24-16-14-12-10-8-6-2)49-45(47(57)46(56)44(39-55)63-49)54(48(58)43(52)38-41(3)4)51(60)62-40-42-34-30-29-31-35-42/h29-31,34-35,41,43-47,49,55-57H,5-28,32-33,36-40,52H2,1-4H3/t43-,44+,45+,46+,47+,49+/m0/s1. The molecule has 1 aromatic rings. The summed E-state index contributed by atoms with van der Waals surface area (Å²) in [5.74, 6) is -0.846. The molecule has 63 heavy (non-hydrogen) atoms. The molecule has 0 radical (unpaired) electrons. The number of aliphatic hydroxyl groups excluding tert-OH is 3. The molecule has 0 saturated carbocycles. The summed E-state index contributed by atoms with van der Waals surface area (Å²) >= 11 is 0. The maximum absolute atomic E-state index is 14.2. The third-order valence-electron chi connectivity index (χ3n) is 12.4. The molecule has 3 amide bonds. The second kappa shape index (κ2) is 35.5. The number of benzene rings is 1. The average molecular weight is 890 g/mol. The van der Waals surface area contributed by atoms with E-state index in [1.165, 1.54) is 114 Å². The Labute approximate surface area is 382 Å². The molecular weight excluding hydrogens is 799 g/mol. The van der Waals surface area contributed by atoms with E-state index in [4.69, 9.17) is 19.9 Å². The van der Waals surface area contributed by atoms with E-state index in [-0.39, 0.29) is 32.1 Å². The first-order valence-corrected chi connectivity index (χ1v) is 25.4. The molecule has 1 aliphatic heterocycles. The summed E-state index contributed by atoms with van der Waals surface area (Å²) in [5, 5.41) is 33.3. The Balaban J connectivity index is 2.19. The van der Waals surface area contributed by atoms with E-state index in [2.05, 4.69) is 13.8 Å². The van der Waals surface area contributed by atoms with E-state index in [0.717, 1.165) is 49.8 Å². The van der Waals surface area contributed by atoms with Crippen LogP contribution in [0.25, 0.3) is 0 Å². The van der Waals surface area contributed by atoms with Crippen LogP contribution in [-0.2, 0) is 25.6 Å². The zero-order valence-corrected chi connectivity index (χ0v) is 40.1.